The summed E-state index contributed by atoms with van der Waals surface area (Å²) in [6.07, 6.45) is 7.31. The normalized spacial score (nSPS) is 12.8. The highest BCUT2D eigenvalue weighted by Crippen LogP contribution is 2.28. The molecular weight excluding hydrogens is 424 g/mol. The number of pyridine rings is 1. The lowest BCUT2D eigenvalue weighted by Crippen LogP contribution is -2.31. The number of benzene rings is 1. The van der Waals surface area contributed by atoms with E-state index in [-0.39, 0.29) is 17.3 Å². The number of aromatic nitrogens is 3. The maximum atomic E-state index is 12.9. The smallest absolute Gasteiger partial charge is 0.349 e. The van der Waals surface area contributed by atoms with Crippen molar-refractivity contribution in [2.75, 3.05) is 12.9 Å². The Morgan fingerprint density at radius 1 is 1.16 bits per heavy atom. The van der Waals surface area contributed by atoms with E-state index in [0.29, 0.717) is 18.1 Å². The SMILES string of the molecule is COc1ccccc1CNC(=O)CSc1nc(=O)n(Cc2ccncc2)c2c1CCCC2. The Morgan fingerprint density at radius 2 is 1.94 bits per heavy atom. The number of carbonyl (C=O) groups is 1. The predicted molar refractivity (Wildman–Crippen MR) is 124 cm³/mol. The van der Waals surface area contributed by atoms with E-state index in [9.17, 15) is 9.59 Å². The third-order valence-electron chi connectivity index (χ3n) is 5.55. The zero-order valence-corrected chi connectivity index (χ0v) is 18.9. The van der Waals surface area contributed by atoms with Gasteiger partial charge in [-0.15, -0.1) is 0 Å². The molecule has 32 heavy (non-hydrogen) atoms. The lowest BCUT2D eigenvalue weighted by molar-refractivity contribution is -0.118. The van der Waals surface area contributed by atoms with Crippen LogP contribution < -0.4 is 15.7 Å². The standard InChI is InChI=1S/C24H26N4O3S/c1-31-21-9-5-2-6-18(21)14-26-22(29)16-32-23-19-7-3-4-8-20(19)28(24(30)27-23)15-17-10-12-25-13-11-17/h2,5-6,9-13H,3-4,7-8,14-16H2,1H3,(H,26,29). The fraction of sp³-hybridized carbons (Fsp3) is 0.333. The van der Waals surface area contributed by atoms with E-state index in [4.69, 9.17) is 4.74 Å². The Labute approximate surface area is 191 Å². The molecule has 166 valence electrons. The van der Waals surface area contributed by atoms with Crippen molar-refractivity contribution in [2.45, 2.75) is 43.8 Å². The van der Waals surface area contributed by atoms with Crippen molar-refractivity contribution in [3.63, 3.8) is 0 Å². The minimum Gasteiger partial charge on any atom is -0.496 e. The summed E-state index contributed by atoms with van der Waals surface area (Å²) in [5.74, 6) is 0.852. The van der Waals surface area contributed by atoms with Crippen molar-refractivity contribution in [3.8, 4) is 5.75 Å². The van der Waals surface area contributed by atoms with E-state index in [0.717, 1.165) is 53.8 Å². The minimum absolute atomic E-state index is 0.103. The third-order valence-corrected chi connectivity index (χ3v) is 6.57. The van der Waals surface area contributed by atoms with Crippen molar-refractivity contribution in [3.05, 3.63) is 81.7 Å². The van der Waals surface area contributed by atoms with Gasteiger partial charge in [0.1, 0.15) is 10.8 Å². The van der Waals surface area contributed by atoms with Crippen molar-refractivity contribution in [1.29, 1.82) is 0 Å². The molecule has 0 fully saturated rings. The van der Waals surface area contributed by atoms with Crippen molar-refractivity contribution in [2.24, 2.45) is 0 Å². The molecule has 0 aliphatic heterocycles. The summed E-state index contributed by atoms with van der Waals surface area (Å²) < 4.78 is 7.10. The maximum absolute atomic E-state index is 12.9. The first kappa shape index (κ1) is 22.1. The molecule has 4 rings (SSSR count). The van der Waals surface area contributed by atoms with Crippen LogP contribution in [0.3, 0.4) is 0 Å². The van der Waals surface area contributed by atoms with Gasteiger partial charge in [0.05, 0.1) is 19.4 Å². The molecular formula is C24H26N4O3S. The average molecular weight is 451 g/mol. The molecule has 1 aromatic carbocycles. The Bertz CT molecular complexity index is 1150. The molecule has 1 N–H and O–H groups in total. The second kappa shape index (κ2) is 10.5. The highest BCUT2D eigenvalue weighted by molar-refractivity contribution is 7.99. The summed E-state index contributed by atoms with van der Waals surface area (Å²) in [6, 6.07) is 11.4. The lowest BCUT2D eigenvalue weighted by atomic mass is 9.97. The Hall–Kier alpha value is -3.13. The highest BCUT2D eigenvalue weighted by Gasteiger charge is 2.21. The molecule has 1 amide bonds. The van der Waals surface area contributed by atoms with Gasteiger partial charge in [-0.2, -0.15) is 4.98 Å². The molecule has 1 aliphatic carbocycles. The van der Waals surface area contributed by atoms with Crippen LogP contribution in [0, 0.1) is 0 Å². The van der Waals surface area contributed by atoms with E-state index in [1.165, 1.54) is 11.8 Å². The fourth-order valence-corrected chi connectivity index (χ4v) is 4.84. The predicted octanol–water partition coefficient (Wildman–Crippen LogP) is 2.98. The molecule has 0 radical (unpaired) electrons. The van der Waals surface area contributed by atoms with Gasteiger partial charge in [-0.1, -0.05) is 30.0 Å². The third kappa shape index (κ3) is 5.19. The zero-order chi connectivity index (χ0) is 22.3. The largest absolute Gasteiger partial charge is 0.496 e. The number of hydrogen-bond acceptors (Lipinski definition) is 6. The van der Waals surface area contributed by atoms with Gasteiger partial charge in [0, 0.05) is 35.8 Å². The van der Waals surface area contributed by atoms with Gasteiger partial charge in [0.15, 0.2) is 0 Å². The number of para-hydroxylation sites is 1. The number of carbonyl (C=O) groups excluding carboxylic acids is 1. The molecule has 8 heteroatoms. The number of nitrogens with one attached hydrogen (secondary N) is 1. The Balaban J connectivity index is 1.46. The summed E-state index contributed by atoms with van der Waals surface area (Å²) >= 11 is 1.34. The van der Waals surface area contributed by atoms with Gasteiger partial charge in [-0.05, 0) is 49.4 Å². The quantitative estimate of drug-likeness (QED) is 0.419. The summed E-state index contributed by atoms with van der Waals surface area (Å²) in [5, 5.41) is 3.61. The second-order valence-electron chi connectivity index (χ2n) is 7.65. The van der Waals surface area contributed by atoms with Crippen LogP contribution in [0.2, 0.25) is 0 Å². The van der Waals surface area contributed by atoms with E-state index in [2.05, 4.69) is 15.3 Å². The molecule has 0 spiro atoms. The molecule has 0 saturated heterocycles. The van der Waals surface area contributed by atoms with Crippen molar-refractivity contribution >= 4 is 17.7 Å². The van der Waals surface area contributed by atoms with Crippen LogP contribution in [0.15, 0.2) is 58.6 Å². The number of thioether (sulfide) groups is 1. The average Bonchev–Trinajstić information content (AvgIpc) is 2.84. The van der Waals surface area contributed by atoms with Crippen LogP contribution in [0.25, 0.3) is 0 Å². The van der Waals surface area contributed by atoms with Gasteiger partial charge in [-0.25, -0.2) is 4.79 Å². The van der Waals surface area contributed by atoms with Crippen molar-refractivity contribution < 1.29 is 9.53 Å². The van der Waals surface area contributed by atoms with E-state index in [1.807, 2.05) is 36.4 Å². The first-order valence-corrected chi connectivity index (χ1v) is 11.7. The Kier molecular flexibility index (Phi) is 7.21. The summed E-state index contributed by atoms with van der Waals surface area (Å²) in [5.41, 5.74) is 3.83. The van der Waals surface area contributed by atoms with Crippen LogP contribution in [-0.2, 0) is 30.7 Å². The maximum Gasteiger partial charge on any atom is 0.349 e. The highest BCUT2D eigenvalue weighted by atomic mass is 32.2. The monoisotopic (exact) mass is 450 g/mol. The minimum atomic E-state index is -0.264. The fourth-order valence-electron chi connectivity index (χ4n) is 3.93. The first-order valence-electron chi connectivity index (χ1n) is 10.7. The molecule has 2 aromatic heterocycles. The number of hydrogen-bond donors (Lipinski definition) is 1. The van der Waals surface area contributed by atoms with Crippen LogP contribution in [0.4, 0.5) is 0 Å². The summed E-state index contributed by atoms with van der Waals surface area (Å²) in [7, 11) is 1.61. The molecule has 0 atom stereocenters. The van der Waals surface area contributed by atoms with Gasteiger partial charge in [-0.3, -0.25) is 14.3 Å². The van der Waals surface area contributed by atoms with Crippen LogP contribution in [0.5, 0.6) is 5.75 Å². The van der Waals surface area contributed by atoms with Crippen LogP contribution in [0.1, 0.15) is 35.2 Å². The molecule has 2 heterocycles. The van der Waals surface area contributed by atoms with E-state index in [1.54, 1.807) is 24.1 Å². The van der Waals surface area contributed by atoms with E-state index < -0.39 is 0 Å². The molecule has 3 aromatic rings. The lowest BCUT2D eigenvalue weighted by Gasteiger charge is -2.22. The molecule has 7 nitrogen and oxygen atoms in total. The molecule has 0 bridgehead atoms. The number of nitrogens with zero attached hydrogens (tertiary/aromatic N) is 3. The number of methoxy groups -OCH3 is 1. The molecule has 1 aliphatic rings. The second-order valence-corrected chi connectivity index (χ2v) is 8.61. The number of amides is 1. The van der Waals surface area contributed by atoms with E-state index >= 15 is 0 Å². The summed E-state index contributed by atoms with van der Waals surface area (Å²) in [4.78, 5) is 33.7. The molecule has 0 unspecified atom stereocenters. The van der Waals surface area contributed by atoms with Crippen LogP contribution in [-0.4, -0.2) is 33.3 Å². The summed E-state index contributed by atoms with van der Waals surface area (Å²) in [6.45, 7) is 0.878. The topological polar surface area (TPSA) is 86.1 Å². The van der Waals surface area contributed by atoms with Gasteiger partial charge < -0.3 is 10.1 Å². The van der Waals surface area contributed by atoms with Gasteiger partial charge in [0.2, 0.25) is 5.91 Å². The Morgan fingerprint density at radius 3 is 2.75 bits per heavy atom. The van der Waals surface area contributed by atoms with Gasteiger partial charge >= 0.3 is 5.69 Å². The number of fused-ring (bicyclic) bond motifs is 1. The zero-order valence-electron chi connectivity index (χ0n) is 18.0. The number of rotatable bonds is 8. The van der Waals surface area contributed by atoms with Gasteiger partial charge in [0.25, 0.3) is 0 Å². The molecule has 0 saturated carbocycles. The van der Waals surface area contributed by atoms with Crippen molar-refractivity contribution in [1.82, 2.24) is 19.9 Å². The first-order chi connectivity index (χ1) is 15.7. The van der Waals surface area contributed by atoms with Crippen LogP contribution >= 0.6 is 11.8 Å². The number of ether oxygens (including phenoxy) is 1.